The predicted molar refractivity (Wildman–Crippen MR) is 68.4 cm³/mol. The lowest BCUT2D eigenvalue weighted by atomic mass is 9.95. The van der Waals surface area contributed by atoms with Crippen molar-refractivity contribution in [2.45, 2.75) is 10.1 Å². The van der Waals surface area contributed by atoms with Gasteiger partial charge in [0.25, 0.3) is 20.2 Å². The minimum atomic E-state index is -4.57. The van der Waals surface area contributed by atoms with E-state index in [9.17, 15) is 16.8 Å². The summed E-state index contributed by atoms with van der Waals surface area (Å²) < 4.78 is 62.5. The van der Waals surface area contributed by atoms with Gasteiger partial charge in [0, 0.05) is 0 Å². The minimum Gasteiger partial charge on any atom is -0.361 e. The molecule has 0 spiro atoms. The van der Waals surface area contributed by atoms with Crippen LogP contribution >= 0.6 is 0 Å². The first kappa shape index (κ1) is 14.6. The highest BCUT2D eigenvalue weighted by Crippen LogP contribution is 2.25. The molecule has 1 atom stereocenters. The summed E-state index contributed by atoms with van der Waals surface area (Å²) in [5.41, 5.74) is 8.86. The van der Waals surface area contributed by atoms with Crippen LogP contribution in [0, 0.1) is 0 Å². The van der Waals surface area contributed by atoms with Crippen LogP contribution in [0.2, 0.25) is 0 Å². The SMILES string of the molecule is [N-]=[N+]=C1c2cc(S(=O)(=O)O)ccc2C=CC1S(=O)(=O)O. The van der Waals surface area contributed by atoms with Crippen LogP contribution < -0.4 is 0 Å². The Morgan fingerprint density at radius 3 is 2.30 bits per heavy atom. The van der Waals surface area contributed by atoms with Crippen molar-refractivity contribution in [3.63, 3.8) is 0 Å². The smallest absolute Gasteiger partial charge is 0.324 e. The van der Waals surface area contributed by atoms with E-state index < -0.39 is 36.1 Å². The maximum Gasteiger partial charge on any atom is 0.324 e. The highest BCUT2D eigenvalue weighted by Gasteiger charge is 2.38. The maximum absolute atomic E-state index is 11.2. The molecule has 10 heteroatoms. The van der Waals surface area contributed by atoms with E-state index in [4.69, 9.17) is 14.6 Å². The zero-order chi connectivity index (χ0) is 15.1. The molecule has 8 nitrogen and oxygen atoms in total. The number of hydrogen-bond acceptors (Lipinski definition) is 4. The van der Waals surface area contributed by atoms with Gasteiger partial charge in [-0.05, 0) is 17.7 Å². The Hall–Kier alpha value is -1.84. The lowest BCUT2D eigenvalue weighted by Crippen LogP contribution is -2.32. The van der Waals surface area contributed by atoms with Crippen LogP contribution in [0.3, 0.4) is 0 Å². The Labute approximate surface area is 114 Å². The van der Waals surface area contributed by atoms with E-state index in [1.54, 1.807) is 0 Å². The van der Waals surface area contributed by atoms with E-state index in [0.717, 1.165) is 18.2 Å². The van der Waals surface area contributed by atoms with Gasteiger partial charge >= 0.3 is 5.71 Å². The number of hydrogen-bond donors (Lipinski definition) is 2. The van der Waals surface area contributed by atoms with Crippen LogP contribution in [0.15, 0.2) is 29.2 Å². The van der Waals surface area contributed by atoms with Gasteiger partial charge in [0.1, 0.15) is 0 Å². The number of benzene rings is 1. The molecule has 2 rings (SSSR count). The molecule has 0 heterocycles. The van der Waals surface area contributed by atoms with Gasteiger partial charge < -0.3 is 5.53 Å². The summed E-state index contributed by atoms with van der Waals surface area (Å²) in [7, 11) is -9.06. The van der Waals surface area contributed by atoms with Crippen molar-refractivity contribution in [3.05, 3.63) is 40.9 Å². The van der Waals surface area contributed by atoms with Crippen LogP contribution in [0.25, 0.3) is 11.6 Å². The summed E-state index contributed by atoms with van der Waals surface area (Å²) in [6, 6.07) is 3.38. The van der Waals surface area contributed by atoms with Gasteiger partial charge in [0.15, 0.2) is 0 Å². The molecule has 0 saturated carbocycles. The first-order valence-electron chi connectivity index (χ1n) is 5.13. The summed E-state index contributed by atoms with van der Waals surface area (Å²) in [6.45, 7) is 0. The van der Waals surface area contributed by atoms with Gasteiger partial charge in [-0.25, -0.2) is 0 Å². The molecule has 1 aromatic rings. The van der Waals surface area contributed by atoms with E-state index in [2.05, 4.69) is 4.79 Å². The van der Waals surface area contributed by atoms with Gasteiger partial charge in [-0.15, -0.1) is 0 Å². The van der Waals surface area contributed by atoms with E-state index >= 15 is 0 Å². The predicted octanol–water partition coefficient (Wildman–Crippen LogP) is 0.235. The van der Waals surface area contributed by atoms with Gasteiger partial charge in [-0.2, -0.15) is 21.6 Å². The minimum absolute atomic E-state index is 0.0206. The summed E-state index contributed by atoms with van der Waals surface area (Å²) >= 11 is 0. The van der Waals surface area contributed by atoms with Crippen molar-refractivity contribution in [2.24, 2.45) is 0 Å². The third-order valence-electron chi connectivity index (χ3n) is 2.75. The fourth-order valence-electron chi connectivity index (χ4n) is 1.85. The average molecular weight is 316 g/mol. The van der Waals surface area contributed by atoms with Crippen LogP contribution in [-0.4, -0.2) is 41.7 Å². The first-order chi connectivity index (χ1) is 9.14. The van der Waals surface area contributed by atoms with Gasteiger partial charge in [0.05, 0.1) is 10.5 Å². The molecule has 0 bridgehead atoms. The zero-order valence-corrected chi connectivity index (χ0v) is 11.3. The molecule has 0 aromatic heterocycles. The van der Waals surface area contributed by atoms with Crippen LogP contribution in [0.4, 0.5) is 0 Å². The topological polar surface area (TPSA) is 145 Å². The van der Waals surface area contributed by atoms with Crippen molar-refractivity contribution in [1.82, 2.24) is 0 Å². The third-order valence-corrected chi connectivity index (χ3v) is 4.62. The average Bonchev–Trinajstić information content (AvgIpc) is 2.34. The summed E-state index contributed by atoms with van der Waals surface area (Å²) in [5, 5.41) is -1.61. The standard InChI is InChI=1S/C10H8N2O6S2/c11-12-10-8-5-7(19(13,14)15)3-1-6(8)2-4-9(10)20(16,17)18/h1-5,9H,(H,13,14,15)(H,16,17,18). The molecular weight excluding hydrogens is 308 g/mol. The number of fused-ring (bicyclic) bond motifs is 1. The molecule has 0 aliphatic heterocycles. The Kier molecular flexibility index (Phi) is 3.36. The van der Waals surface area contributed by atoms with E-state index in [1.807, 2.05) is 0 Å². The maximum atomic E-state index is 11.2. The molecule has 1 aromatic carbocycles. The van der Waals surface area contributed by atoms with E-state index in [0.29, 0.717) is 5.56 Å². The number of rotatable bonds is 2. The molecule has 20 heavy (non-hydrogen) atoms. The van der Waals surface area contributed by atoms with Gasteiger partial charge in [0.2, 0.25) is 5.25 Å². The van der Waals surface area contributed by atoms with Crippen molar-refractivity contribution < 1.29 is 30.7 Å². The second-order valence-corrected chi connectivity index (χ2v) is 6.96. The largest absolute Gasteiger partial charge is 0.361 e. The molecular formula is C10H8N2O6S2. The zero-order valence-electron chi connectivity index (χ0n) is 9.70. The summed E-state index contributed by atoms with van der Waals surface area (Å²) in [5.74, 6) is 0. The third kappa shape index (κ3) is 2.55. The molecule has 0 saturated heterocycles. The monoisotopic (exact) mass is 316 g/mol. The Morgan fingerprint density at radius 1 is 1.15 bits per heavy atom. The second kappa shape index (κ2) is 4.62. The highest BCUT2D eigenvalue weighted by atomic mass is 32.2. The Balaban J connectivity index is 2.73. The molecule has 0 radical (unpaired) electrons. The van der Waals surface area contributed by atoms with Crippen molar-refractivity contribution in [3.8, 4) is 0 Å². The van der Waals surface area contributed by atoms with Crippen molar-refractivity contribution >= 4 is 32.0 Å². The van der Waals surface area contributed by atoms with E-state index in [-0.39, 0.29) is 5.56 Å². The normalized spacial score (nSPS) is 18.5. The fraction of sp³-hybridized carbons (Fsp3) is 0.100. The first-order valence-corrected chi connectivity index (χ1v) is 8.07. The molecule has 0 amide bonds. The molecule has 1 aliphatic carbocycles. The van der Waals surface area contributed by atoms with Crippen molar-refractivity contribution in [2.75, 3.05) is 0 Å². The fourth-order valence-corrected chi connectivity index (χ4v) is 3.09. The second-order valence-electron chi connectivity index (χ2n) is 4.00. The molecule has 0 fully saturated rings. The summed E-state index contributed by atoms with van der Waals surface area (Å²) in [6.07, 6.45) is 2.43. The molecule has 1 unspecified atom stereocenters. The van der Waals surface area contributed by atoms with Gasteiger partial charge in [-0.3, -0.25) is 9.11 Å². The van der Waals surface area contributed by atoms with Crippen LogP contribution in [0.1, 0.15) is 11.1 Å². The lowest BCUT2D eigenvalue weighted by molar-refractivity contribution is -0.00592. The van der Waals surface area contributed by atoms with Crippen LogP contribution in [-0.2, 0) is 20.2 Å². The van der Waals surface area contributed by atoms with Crippen molar-refractivity contribution in [1.29, 1.82) is 0 Å². The van der Waals surface area contributed by atoms with Gasteiger partial charge in [-0.1, -0.05) is 18.2 Å². The Bertz CT molecular complexity index is 863. The highest BCUT2D eigenvalue weighted by molar-refractivity contribution is 7.87. The Morgan fingerprint density at radius 2 is 1.80 bits per heavy atom. The van der Waals surface area contributed by atoms with Crippen LogP contribution in [0.5, 0.6) is 0 Å². The molecule has 106 valence electrons. The number of nitrogens with zero attached hydrogens (tertiary/aromatic N) is 2. The quantitative estimate of drug-likeness (QED) is 0.454. The molecule has 1 aliphatic rings. The molecule has 2 N–H and O–H groups in total. The summed E-state index contributed by atoms with van der Waals surface area (Å²) in [4.78, 5) is 2.33. The lowest BCUT2D eigenvalue weighted by Gasteiger charge is -2.13. The van der Waals surface area contributed by atoms with E-state index in [1.165, 1.54) is 12.1 Å².